The number of carbonyl (C=O) groups is 2. The van der Waals surface area contributed by atoms with Gasteiger partial charge in [-0.05, 0) is 13.0 Å². The van der Waals surface area contributed by atoms with Gasteiger partial charge < -0.3 is 34.5 Å². The molecule has 1 atom stereocenters. The van der Waals surface area contributed by atoms with Crippen LogP contribution in [0.1, 0.15) is 36.1 Å². The average molecular weight is 421 g/mol. The topological polar surface area (TPSA) is 155 Å². The highest BCUT2D eigenvalue weighted by Gasteiger charge is 2.34. The van der Waals surface area contributed by atoms with Crippen molar-refractivity contribution in [2.75, 3.05) is 27.6 Å². The molecular weight excluding hydrogens is 398 g/mol. The summed E-state index contributed by atoms with van der Waals surface area (Å²) in [6.45, 7) is 1.84. The fourth-order valence-electron chi connectivity index (χ4n) is 3.49. The van der Waals surface area contributed by atoms with E-state index in [1.165, 1.54) is 14.2 Å². The van der Waals surface area contributed by atoms with Crippen molar-refractivity contribution in [2.45, 2.75) is 25.7 Å². The molecule has 162 valence electrons. The van der Waals surface area contributed by atoms with Gasteiger partial charge >= 0.3 is 5.97 Å². The molecule has 0 saturated heterocycles. The van der Waals surface area contributed by atoms with Crippen LogP contribution in [0.2, 0.25) is 0 Å². The van der Waals surface area contributed by atoms with Crippen LogP contribution in [-0.4, -0.2) is 49.7 Å². The first-order valence-corrected chi connectivity index (χ1v) is 9.18. The Bertz CT molecular complexity index is 1010. The summed E-state index contributed by atoms with van der Waals surface area (Å²) in [6.07, 6.45) is -0.420. The maximum atomic E-state index is 12.6. The van der Waals surface area contributed by atoms with E-state index >= 15 is 0 Å². The lowest BCUT2D eigenvalue weighted by Crippen LogP contribution is -2.22. The number of amides is 1. The Hall–Kier alpha value is -3.63. The van der Waals surface area contributed by atoms with Crippen molar-refractivity contribution in [3.63, 3.8) is 0 Å². The molecule has 0 unspecified atom stereocenters. The highest BCUT2D eigenvalue weighted by molar-refractivity contribution is 5.77. The fraction of sp³-hybridized carbons (Fsp3) is 0.421. The third-order valence-corrected chi connectivity index (χ3v) is 4.67. The summed E-state index contributed by atoms with van der Waals surface area (Å²) in [4.78, 5) is 36.5. The van der Waals surface area contributed by atoms with E-state index in [0.717, 1.165) is 0 Å². The van der Waals surface area contributed by atoms with Crippen LogP contribution >= 0.6 is 0 Å². The lowest BCUT2D eigenvalue weighted by molar-refractivity contribution is -0.142. The van der Waals surface area contributed by atoms with Gasteiger partial charge in [-0.2, -0.15) is 0 Å². The molecule has 3 rings (SSSR count). The quantitative estimate of drug-likeness (QED) is 0.496. The standard InChI is InChI=1S/C19H23N3O8/c1-4-28-14(24)7-11-15(19(25)22-21-11)9(6-13(20)23)10-5-12(26-2)17-18(16(10)27-3)30-8-29-17/h5,9H,4,6-8H2,1-3H3,(H2,20,23)(H2,21,22,25)/t9-/m0/s1. The second-order valence-corrected chi connectivity index (χ2v) is 6.44. The van der Waals surface area contributed by atoms with Gasteiger partial charge in [-0.25, -0.2) is 0 Å². The molecule has 30 heavy (non-hydrogen) atoms. The Kier molecular flexibility index (Phi) is 6.19. The number of primary amides is 1. The van der Waals surface area contributed by atoms with Crippen molar-refractivity contribution in [3.8, 4) is 23.0 Å². The van der Waals surface area contributed by atoms with Gasteiger partial charge in [0, 0.05) is 23.5 Å². The lowest BCUT2D eigenvalue weighted by atomic mass is 9.86. The molecular formula is C19H23N3O8. The SMILES string of the molecule is CCOC(=O)Cc1[nH][nH]c(=O)c1[C@@H](CC(N)=O)c1cc(OC)c2c(c1OC)OCO2. The number of ether oxygens (including phenoxy) is 5. The van der Waals surface area contributed by atoms with Crippen LogP contribution in [0.15, 0.2) is 10.9 Å². The lowest BCUT2D eigenvalue weighted by Gasteiger charge is -2.21. The number of benzene rings is 1. The number of rotatable bonds is 9. The smallest absolute Gasteiger partial charge is 0.311 e. The number of H-pyrrole nitrogens is 2. The molecule has 1 aromatic carbocycles. The third-order valence-electron chi connectivity index (χ3n) is 4.67. The first kappa shape index (κ1) is 21.1. The Morgan fingerprint density at radius 1 is 1.20 bits per heavy atom. The van der Waals surface area contributed by atoms with E-state index in [2.05, 4.69) is 10.2 Å². The van der Waals surface area contributed by atoms with Crippen LogP contribution in [-0.2, 0) is 20.7 Å². The van der Waals surface area contributed by atoms with E-state index in [0.29, 0.717) is 22.8 Å². The summed E-state index contributed by atoms with van der Waals surface area (Å²) in [7, 11) is 2.88. The van der Waals surface area contributed by atoms with Crippen molar-refractivity contribution in [1.29, 1.82) is 0 Å². The normalized spacial score (nSPS) is 13.0. The molecule has 0 aliphatic carbocycles. The summed E-state index contributed by atoms with van der Waals surface area (Å²) in [6, 6.07) is 1.60. The zero-order valence-corrected chi connectivity index (χ0v) is 16.8. The van der Waals surface area contributed by atoms with Gasteiger partial charge in [0.15, 0.2) is 11.5 Å². The zero-order valence-electron chi connectivity index (χ0n) is 16.8. The summed E-state index contributed by atoms with van der Waals surface area (Å²) in [5.74, 6) is -0.765. The van der Waals surface area contributed by atoms with E-state index in [9.17, 15) is 14.4 Å². The van der Waals surface area contributed by atoms with E-state index in [4.69, 9.17) is 29.4 Å². The van der Waals surface area contributed by atoms with E-state index in [-0.39, 0.29) is 43.2 Å². The second kappa shape index (κ2) is 8.80. The molecule has 1 aliphatic rings. The van der Waals surface area contributed by atoms with Gasteiger partial charge in [-0.1, -0.05) is 0 Å². The molecule has 0 bridgehead atoms. The number of aromatic amines is 2. The molecule has 1 aliphatic heterocycles. The summed E-state index contributed by atoms with van der Waals surface area (Å²) >= 11 is 0. The van der Waals surface area contributed by atoms with Gasteiger partial charge in [0.25, 0.3) is 5.56 Å². The van der Waals surface area contributed by atoms with Crippen LogP contribution in [0.25, 0.3) is 0 Å². The van der Waals surface area contributed by atoms with Crippen LogP contribution in [0.3, 0.4) is 0 Å². The molecule has 1 amide bonds. The van der Waals surface area contributed by atoms with Crippen molar-refractivity contribution >= 4 is 11.9 Å². The predicted molar refractivity (Wildman–Crippen MR) is 103 cm³/mol. The fourth-order valence-corrected chi connectivity index (χ4v) is 3.49. The highest BCUT2D eigenvalue weighted by Crippen LogP contribution is 2.52. The van der Waals surface area contributed by atoms with Crippen LogP contribution in [0, 0.1) is 0 Å². The van der Waals surface area contributed by atoms with Crippen molar-refractivity contribution in [3.05, 3.63) is 33.2 Å². The molecule has 2 aromatic rings. The minimum absolute atomic E-state index is 0.0369. The first-order valence-electron chi connectivity index (χ1n) is 9.18. The van der Waals surface area contributed by atoms with E-state index in [1.807, 2.05) is 0 Å². The number of fused-ring (bicyclic) bond motifs is 1. The van der Waals surface area contributed by atoms with E-state index in [1.54, 1.807) is 13.0 Å². The number of aromatic nitrogens is 2. The van der Waals surface area contributed by atoms with Crippen LogP contribution in [0.5, 0.6) is 23.0 Å². The van der Waals surface area contributed by atoms with Gasteiger partial charge in [-0.15, -0.1) is 0 Å². The summed E-state index contributed by atoms with van der Waals surface area (Å²) in [5, 5.41) is 5.14. The van der Waals surface area contributed by atoms with Crippen molar-refractivity contribution < 1.29 is 33.3 Å². The monoisotopic (exact) mass is 421 g/mol. The van der Waals surface area contributed by atoms with Crippen LogP contribution < -0.4 is 30.2 Å². The molecule has 4 N–H and O–H groups in total. The number of nitrogens with two attached hydrogens (primary N) is 1. The Morgan fingerprint density at radius 3 is 2.57 bits per heavy atom. The molecule has 0 radical (unpaired) electrons. The van der Waals surface area contributed by atoms with Gasteiger partial charge in [0.05, 0.1) is 32.9 Å². The van der Waals surface area contributed by atoms with Gasteiger partial charge in [0.2, 0.25) is 24.2 Å². The zero-order chi connectivity index (χ0) is 21.8. The minimum atomic E-state index is -0.847. The number of nitrogens with one attached hydrogen (secondary N) is 2. The maximum absolute atomic E-state index is 12.6. The Balaban J connectivity index is 2.18. The number of esters is 1. The minimum Gasteiger partial charge on any atom is -0.493 e. The molecule has 2 heterocycles. The summed E-state index contributed by atoms with van der Waals surface area (Å²) in [5.41, 5.74) is 5.85. The molecule has 11 heteroatoms. The highest BCUT2D eigenvalue weighted by atomic mass is 16.7. The molecule has 0 fully saturated rings. The van der Waals surface area contributed by atoms with Crippen molar-refractivity contribution in [2.24, 2.45) is 5.73 Å². The third kappa shape index (κ3) is 3.91. The molecule has 11 nitrogen and oxygen atoms in total. The number of hydrogen-bond acceptors (Lipinski definition) is 8. The molecule has 0 saturated carbocycles. The number of methoxy groups -OCH3 is 2. The maximum Gasteiger partial charge on any atom is 0.311 e. The first-order chi connectivity index (χ1) is 14.4. The Morgan fingerprint density at radius 2 is 1.93 bits per heavy atom. The average Bonchev–Trinajstić information content (AvgIpc) is 3.32. The van der Waals surface area contributed by atoms with Gasteiger partial charge in [-0.3, -0.25) is 19.5 Å². The second-order valence-electron chi connectivity index (χ2n) is 6.44. The Labute approximate surface area is 171 Å². The number of carbonyl (C=O) groups excluding carboxylic acids is 2. The molecule has 1 aromatic heterocycles. The summed E-state index contributed by atoms with van der Waals surface area (Å²) < 4.78 is 26.8. The van der Waals surface area contributed by atoms with Crippen molar-refractivity contribution in [1.82, 2.24) is 10.2 Å². The van der Waals surface area contributed by atoms with Gasteiger partial charge in [0.1, 0.15) is 0 Å². The predicted octanol–water partition coefficient (Wildman–Crippen LogP) is 0.562. The number of hydrogen-bond donors (Lipinski definition) is 3. The van der Waals surface area contributed by atoms with Crippen LogP contribution in [0.4, 0.5) is 0 Å². The van der Waals surface area contributed by atoms with E-state index < -0.39 is 23.4 Å². The molecule has 0 spiro atoms. The largest absolute Gasteiger partial charge is 0.493 e.